The van der Waals surface area contributed by atoms with Crippen molar-refractivity contribution in [3.8, 4) is 11.5 Å². The molecule has 2 N–H and O–H groups in total. The van der Waals surface area contributed by atoms with Gasteiger partial charge in [0.15, 0.2) is 11.5 Å². The van der Waals surface area contributed by atoms with Gasteiger partial charge in [-0.15, -0.1) is 0 Å². The van der Waals surface area contributed by atoms with Crippen molar-refractivity contribution in [3.05, 3.63) is 29.3 Å². The summed E-state index contributed by atoms with van der Waals surface area (Å²) in [5.41, 5.74) is 1.51. The molecular weight excluding hydrogens is 376 g/mol. The lowest BCUT2D eigenvalue weighted by Gasteiger charge is -2.41. The van der Waals surface area contributed by atoms with E-state index in [1.165, 1.54) is 5.56 Å². The minimum atomic E-state index is -0.740. The number of urea groups is 1. The highest BCUT2D eigenvalue weighted by Gasteiger charge is 2.52. The number of carbonyl (C=O) groups is 2. The van der Waals surface area contributed by atoms with Crippen molar-refractivity contribution < 1.29 is 19.1 Å². The monoisotopic (exact) mass is 390 g/mol. The highest BCUT2D eigenvalue weighted by Crippen LogP contribution is 2.52. The number of nitrogens with one attached hydrogen (secondary N) is 2. The molecule has 1 saturated carbocycles. The van der Waals surface area contributed by atoms with Gasteiger partial charge in [-0.2, -0.15) is 0 Å². The summed E-state index contributed by atoms with van der Waals surface area (Å²) in [6, 6.07) is 3.67. The Balaban J connectivity index is 1.47. The molecule has 1 atom stereocenters. The number of amides is 3. The summed E-state index contributed by atoms with van der Waals surface area (Å²) in [5.74, 6) is 1.29. The van der Waals surface area contributed by atoms with E-state index < -0.39 is 10.7 Å². The predicted molar refractivity (Wildman–Crippen MR) is 89.0 cm³/mol. The second-order valence-corrected chi connectivity index (χ2v) is 7.62. The summed E-state index contributed by atoms with van der Waals surface area (Å²) in [7, 11) is 0. The minimum absolute atomic E-state index is 0.100. The number of rotatable bonds is 0. The molecule has 1 unspecified atom stereocenters. The molecule has 2 heterocycles. The maximum atomic E-state index is 12.1. The molecule has 2 spiro atoms. The van der Waals surface area contributed by atoms with E-state index in [9.17, 15) is 9.59 Å². The average molecular weight is 391 g/mol. The van der Waals surface area contributed by atoms with Gasteiger partial charge in [-0.3, -0.25) is 10.1 Å². The van der Waals surface area contributed by atoms with Crippen LogP contribution in [-0.4, -0.2) is 22.7 Å². The van der Waals surface area contributed by atoms with E-state index in [2.05, 4.69) is 44.8 Å². The Hall–Kier alpha value is -2.02. The molecule has 1 aromatic rings. The molecular formula is C17H15BrN2O4. The minimum Gasteiger partial charge on any atom is -0.441 e. The molecule has 1 saturated heterocycles. The van der Waals surface area contributed by atoms with Crippen molar-refractivity contribution in [1.82, 2.24) is 10.6 Å². The topological polar surface area (TPSA) is 76.7 Å². The fraction of sp³-hybridized carbons (Fsp3) is 0.412. The Morgan fingerprint density at radius 3 is 2.46 bits per heavy atom. The normalized spacial score (nSPS) is 35.5. The first-order valence-electron chi connectivity index (χ1n) is 7.99. The van der Waals surface area contributed by atoms with Crippen molar-refractivity contribution in [2.75, 3.05) is 0 Å². The molecule has 2 aliphatic heterocycles. The van der Waals surface area contributed by atoms with Gasteiger partial charge in [0, 0.05) is 21.3 Å². The van der Waals surface area contributed by atoms with Gasteiger partial charge in [-0.25, -0.2) is 4.79 Å². The molecule has 2 aliphatic carbocycles. The fourth-order valence-corrected chi connectivity index (χ4v) is 4.73. The molecule has 2 fully saturated rings. The van der Waals surface area contributed by atoms with E-state index in [0.717, 1.165) is 29.9 Å². The van der Waals surface area contributed by atoms with E-state index >= 15 is 0 Å². The third-order valence-electron chi connectivity index (χ3n) is 5.68. The van der Waals surface area contributed by atoms with Crippen LogP contribution in [0, 0.1) is 0 Å². The van der Waals surface area contributed by atoms with Gasteiger partial charge in [0.05, 0.1) is 0 Å². The van der Waals surface area contributed by atoms with E-state index in [4.69, 9.17) is 9.47 Å². The zero-order valence-corrected chi connectivity index (χ0v) is 14.3. The van der Waals surface area contributed by atoms with E-state index in [1.807, 2.05) is 6.07 Å². The van der Waals surface area contributed by atoms with Crippen LogP contribution in [0.3, 0.4) is 0 Å². The lowest BCUT2D eigenvalue weighted by atomic mass is 9.65. The summed E-state index contributed by atoms with van der Waals surface area (Å²) in [6.07, 6.45) is 7.21. The molecule has 5 rings (SSSR count). The van der Waals surface area contributed by atoms with Gasteiger partial charge in [-0.1, -0.05) is 12.2 Å². The molecule has 24 heavy (non-hydrogen) atoms. The third kappa shape index (κ3) is 1.81. The Morgan fingerprint density at radius 2 is 1.79 bits per heavy atom. The number of alkyl halides is 1. The molecule has 1 aromatic carbocycles. The molecule has 3 amide bonds. The van der Waals surface area contributed by atoms with Crippen LogP contribution in [0.25, 0.3) is 6.08 Å². The zero-order valence-electron chi connectivity index (χ0n) is 12.7. The summed E-state index contributed by atoms with van der Waals surface area (Å²) < 4.78 is 11.2. The van der Waals surface area contributed by atoms with Crippen LogP contribution < -0.4 is 20.1 Å². The first-order valence-corrected chi connectivity index (χ1v) is 8.90. The standard InChI is InChI=1S/C17H15BrN2O4/c18-14-23-11-7-9-1-2-16(10(9)8-12(11)24-14)3-5-17(6-4-16)13(21)19-15(22)20-17/h1-2,7-8,14H,3-6H2,(H2,19,20,21,22). The maximum absolute atomic E-state index is 12.1. The SMILES string of the molecule is O=C1NC(=O)C2(CCC3(C=Cc4cc5c(cc43)OC(Br)O5)CC2)N1. The molecule has 7 heteroatoms. The summed E-state index contributed by atoms with van der Waals surface area (Å²) in [6.45, 7) is 0. The largest absolute Gasteiger partial charge is 0.441 e. The number of hydrogen-bond acceptors (Lipinski definition) is 4. The average Bonchev–Trinajstić information content (AvgIpc) is 3.15. The van der Waals surface area contributed by atoms with Gasteiger partial charge in [0.1, 0.15) is 5.54 Å². The van der Waals surface area contributed by atoms with Crippen molar-refractivity contribution in [2.24, 2.45) is 0 Å². The van der Waals surface area contributed by atoms with Crippen molar-refractivity contribution in [2.45, 2.75) is 41.8 Å². The maximum Gasteiger partial charge on any atom is 0.322 e. The molecule has 0 radical (unpaired) electrons. The van der Waals surface area contributed by atoms with Gasteiger partial charge >= 0.3 is 6.03 Å². The number of benzene rings is 1. The van der Waals surface area contributed by atoms with Gasteiger partial charge < -0.3 is 14.8 Å². The van der Waals surface area contributed by atoms with Crippen LogP contribution in [0.15, 0.2) is 18.2 Å². The lowest BCUT2D eigenvalue weighted by Crippen LogP contribution is -2.51. The predicted octanol–water partition coefficient (Wildman–Crippen LogP) is 2.55. The molecule has 124 valence electrons. The van der Waals surface area contributed by atoms with Crippen LogP contribution in [-0.2, 0) is 10.2 Å². The van der Waals surface area contributed by atoms with E-state index in [0.29, 0.717) is 12.8 Å². The fourth-order valence-electron chi connectivity index (χ4n) is 4.33. The molecule has 6 nitrogen and oxygen atoms in total. The Labute approximate surface area is 146 Å². The smallest absolute Gasteiger partial charge is 0.322 e. The quantitative estimate of drug-likeness (QED) is 0.527. The van der Waals surface area contributed by atoms with Crippen LogP contribution in [0.4, 0.5) is 4.79 Å². The van der Waals surface area contributed by atoms with Crippen LogP contribution >= 0.6 is 15.9 Å². The summed E-state index contributed by atoms with van der Waals surface area (Å²) in [5, 5.41) is 4.75. The zero-order chi connectivity index (χ0) is 16.5. The van der Waals surface area contributed by atoms with Crippen molar-refractivity contribution in [1.29, 1.82) is 0 Å². The van der Waals surface area contributed by atoms with E-state index in [1.54, 1.807) is 0 Å². The summed E-state index contributed by atoms with van der Waals surface area (Å²) >= 11 is 3.30. The van der Waals surface area contributed by atoms with Crippen LogP contribution in [0.5, 0.6) is 11.5 Å². The number of allylic oxidation sites excluding steroid dienone is 1. The van der Waals surface area contributed by atoms with Crippen molar-refractivity contribution in [3.63, 3.8) is 0 Å². The number of ether oxygens (including phenoxy) is 2. The van der Waals surface area contributed by atoms with Gasteiger partial charge in [0.25, 0.3) is 11.1 Å². The number of fused-ring (bicyclic) bond motifs is 3. The van der Waals surface area contributed by atoms with Gasteiger partial charge in [-0.05, 0) is 48.9 Å². The second kappa shape index (κ2) is 4.53. The number of carbonyl (C=O) groups excluding carboxylic acids is 2. The van der Waals surface area contributed by atoms with Crippen molar-refractivity contribution >= 4 is 33.9 Å². The van der Waals surface area contributed by atoms with Crippen LogP contribution in [0.2, 0.25) is 0 Å². The molecule has 4 aliphatic rings. The lowest BCUT2D eigenvalue weighted by molar-refractivity contribution is -0.125. The first kappa shape index (κ1) is 14.3. The van der Waals surface area contributed by atoms with E-state index in [-0.39, 0.29) is 17.4 Å². The second-order valence-electron chi connectivity index (χ2n) is 6.88. The Morgan fingerprint density at radius 1 is 1.08 bits per heavy atom. The van der Waals surface area contributed by atoms with Crippen LogP contribution in [0.1, 0.15) is 36.8 Å². The molecule has 0 aromatic heterocycles. The number of imide groups is 1. The number of hydrogen-bond donors (Lipinski definition) is 2. The third-order valence-corrected chi connectivity index (χ3v) is 6.06. The summed E-state index contributed by atoms with van der Waals surface area (Å²) in [4.78, 5) is 23.7. The Kier molecular flexibility index (Phi) is 2.71. The highest BCUT2D eigenvalue weighted by atomic mass is 79.9. The molecule has 0 bridgehead atoms. The number of halogens is 1. The first-order chi connectivity index (χ1) is 11.5. The van der Waals surface area contributed by atoms with Gasteiger partial charge in [0.2, 0.25) is 0 Å². The highest BCUT2D eigenvalue weighted by molar-refractivity contribution is 9.09. The Bertz CT molecular complexity index is 811.